The molecule has 1 fully saturated rings. The minimum Gasteiger partial charge on any atom is -0.368 e. The monoisotopic (exact) mass is 450 g/mol. The van der Waals surface area contributed by atoms with Gasteiger partial charge < -0.3 is 4.90 Å². The van der Waals surface area contributed by atoms with Gasteiger partial charge in [-0.25, -0.2) is 9.37 Å². The molecule has 4 aromatic rings. The van der Waals surface area contributed by atoms with Crippen LogP contribution in [0, 0.1) is 5.82 Å². The van der Waals surface area contributed by atoms with Gasteiger partial charge in [0, 0.05) is 54.6 Å². The number of hydrogen-bond donors (Lipinski definition) is 1. The van der Waals surface area contributed by atoms with E-state index in [0.29, 0.717) is 33.6 Å². The highest BCUT2D eigenvalue weighted by molar-refractivity contribution is 6.30. The maximum absolute atomic E-state index is 14.5. The predicted octanol–water partition coefficient (Wildman–Crippen LogP) is 5.01. The van der Waals surface area contributed by atoms with Crippen molar-refractivity contribution in [1.29, 1.82) is 0 Å². The highest BCUT2D eigenvalue weighted by Gasteiger charge is 2.20. The first-order chi connectivity index (χ1) is 15.5. The molecule has 0 atom stereocenters. The van der Waals surface area contributed by atoms with Crippen LogP contribution in [0.5, 0.6) is 0 Å². The summed E-state index contributed by atoms with van der Waals surface area (Å²) in [5, 5.41) is 7.56. The number of halogens is 2. The highest BCUT2D eigenvalue weighted by atomic mass is 35.5. The van der Waals surface area contributed by atoms with Gasteiger partial charge in [-0.3, -0.25) is 15.0 Å². The van der Waals surface area contributed by atoms with Gasteiger partial charge in [0.05, 0.1) is 28.6 Å². The molecule has 0 spiro atoms. The Morgan fingerprint density at radius 1 is 1.00 bits per heavy atom. The van der Waals surface area contributed by atoms with Gasteiger partial charge >= 0.3 is 0 Å². The van der Waals surface area contributed by atoms with Crippen molar-refractivity contribution >= 4 is 28.3 Å². The normalized spacial score (nSPS) is 15.1. The van der Waals surface area contributed by atoms with Crippen LogP contribution in [0.15, 0.2) is 48.8 Å². The van der Waals surface area contributed by atoms with Crippen LogP contribution in [-0.2, 0) is 0 Å². The van der Waals surface area contributed by atoms with Gasteiger partial charge in [-0.15, -0.1) is 0 Å². The van der Waals surface area contributed by atoms with E-state index in [2.05, 4.69) is 44.9 Å². The van der Waals surface area contributed by atoms with Crippen molar-refractivity contribution in [3.05, 3.63) is 59.6 Å². The van der Waals surface area contributed by atoms with Crippen LogP contribution in [0.1, 0.15) is 13.8 Å². The number of aromatic nitrogens is 4. The molecule has 32 heavy (non-hydrogen) atoms. The number of H-pyrrole nitrogens is 1. The summed E-state index contributed by atoms with van der Waals surface area (Å²) in [7, 11) is 0. The third-order valence-electron chi connectivity index (χ3n) is 6.03. The summed E-state index contributed by atoms with van der Waals surface area (Å²) in [5.74, 6) is -0.381. The topological polar surface area (TPSA) is 60.9 Å². The molecule has 1 N–H and O–H groups in total. The van der Waals surface area contributed by atoms with Gasteiger partial charge in [0.25, 0.3) is 0 Å². The lowest BCUT2D eigenvalue weighted by Gasteiger charge is -2.38. The van der Waals surface area contributed by atoms with Crippen LogP contribution in [0.2, 0.25) is 5.02 Å². The zero-order valence-corrected chi connectivity index (χ0v) is 18.8. The average molecular weight is 451 g/mol. The summed E-state index contributed by atoms with van der Waals surface area (Å²) in [6, 6.07) is 10.9. The van der Waals surface area contributed by atoms with E-state index in [4.69, 9.17) is 16.6 Å². The van der Waals surface area contributed by atoms with Crippen molar-refractivity contribution in [1.82, 2.24) is 25.1 Å². The van der Waals surface area contributed by atoms with Gasteiger partial charge in [-0.2, -0.15) is 5.10 Å². The number of aromatic amines is 1. The SMILES string of the molecule is CC(C)N1CCN(c2cnc3ccc(-c4c[nH]nc4-c4cc(Cl)ccc4F)nc3c2)CC1. The Hall–Kier alpha value is -3.03. The van der Waals surface area contributed by atoms with Gasteiger partial charge in [0.2, 0.25) is 0 Å². The van der Waals surface area contributed by atoms with Crippen LogP contribution in [0.25, 0.3) is 33.5 Å². The number of fused-ring (bicyclic) bond motifs is 1. The Balaban J connectivity index is 1.48. The van der Waals surface area contributed by atoms with Crippen molar-refractivity contribution in [2.24, 2.45) is 0 Å². The quantitative estimate of drug-likeness (QED) is 0.473. The molecule has 8 heteroatoms. The summed E-state index contributed by atoms with van der Waals surface area (Å²) in [4.78, 5) is 14.3. The lowest BCUT2D eigenvalue weighted by molar-refractivity contribution is 0.209. The average Bonchev–Trinajstić information content (AvgIpc) is 3.29. The Kier molecular flexibility index (Phi) is 5.53. The molecule has 5 rings (SSSR count). The number of benzene rings is 1. The van der Waals surface area contributed by atoms with E-state index < -0.39 is 0 Å². The third kappa shape index (κ3) is 3.94. The van der Waals surface area contributed by atoms with Crippen molar-refractivity contribution < 1.29 is 4.39 Å². The van der Waals surface area contributed by atoms with Gasteiger partial charge in [0.15, 0.2) is 0 Å². The highest BCUT2D eigenvalue weighted by Crippen LogP contribution is 2.33. The summed E-state index contributed by atoms with van der Waals surface area (Å²) in [6.07, 6.45) is 3.64. The fraction of sp³-hybridized carbons (Fsp3) is 0.292. The van der Waals surface area contributed by atoms with Crippen molar-refractivity contribution in [2.45, 2.75) is 19.9 Å². The molecule has 0 bridgehead atoms. The minimum atomic E-state index is -0.381. The summed E-state index contributed by atoms with van der Waals surface area (Å²) in [6.45, 7) is 8.46. The van der Waals surface area contributed by atoms with Gasteiger partial charge in [-0.1, -0.05) is 11.6 Å². The Morgan fingerprint density at radius 3 is 2.59 bits per heavy atom. The smallest absolute Gasteiger partial charge is 0.132 e. The molecule has 0 unspecified atom stereocenters. The molecule has 1 aliphatic heterocycles. The van der Waals surface area contributed by atoms with Crippen LogP contribution in [-0.4, -0.2) is 57.3 Å². The largest absolute Gasteiger partial charge is 0.368 e. The molecule has 3 aromatic heterocycles. The number of piperazine rings is 1. The minimum absolute atomic E-state index is 0.338. The molecular weight excluding hydrogens is 427 g/mol. The first-order valence-electron chi connectivity index (χ1n) is 10.7. The Labute approximate surface area is 191 Å². The van der Waals surface area contributed by atoms with Crippen molar-refractivity contribution in [3.8, 4) is 22.5 Å². The summed E-state index contributed by atoms with van der Waals surface area (Å²) < 4.78 is 14.5. The number of hydrogen-bond acceptors (Lipinski definition) is 5. The molecule has 4 heterocycles. The number of rotatable bonds is 4. The van der Waals surface area contributed by atoms with E-state index in [9.17, 15) is 4.39 Å². The van der Waals surface area contributed by atoms with Crippen LogP contribution < -0.4 is 4.90 Å². The lowest BCUT2D eigenvalue weighted by Crippen LogP contribution is -2.48. The second kappa shape index (κ2) is 8.48. The first kappa shape index (κ1) is 20.8. The predicted molar refractivity (Wildman–Crippen MR) is 126 cm³/mol. The molecule has 0 saturated carbocycles. The van der Waals surface area contributed by atoms with E-state index in [1.165, 1.54) is 12.1 Å². The molecule has 1 saturated heterocycles. The number of pyridine rings is 2. The Bertz CT molecular complexity index is 1260. The third-order valence-corrected chi connectivity index (χ3v) is 6.27. The second-order valence-corrected chi connectivity index (χ2v) is 8.75. The fourth-order valence-corrected chi connectivity index (χ4v) is 4.36. The molecule has 0 amide bonds. The first-order valence-corrected chi connectivity index (χ1v) is 11.1. The van der Waals surface area contributed by atoms with Crippen LogP contribution >= 0.6 is 11.6 Å². The summed E-state index contributed by atoms with van der Waals surface area (Å²) in [5.41, 5.74) is 4.91. The standard InChI is InChI=1S/C24H24ClFN6/c1-15(2)31-7-9-32(10-8-31)17-12-23-22(27-13-17)6-5-21(29-23)19-14-28-30-24(19)18-11-16(25)3-4-20(18)26/h3-6,11-15H,7-10H2,1-2H3,(H,28,30). The van der Waals surface area contributed by atoms with E-state index >= 15 is 0 Å². The maximum atomic E-state index is 14.5. The Morgan fingerprint density at radius 2 is 1.81 bits per heavy atom. The summed E-state index contributed by atoms with van der Waals surface area (Å²) >= 11 is 6.09. The molecule has 1 aromatic carbocycles. The molecule has 164 valence electrons. The van der Waals surface area contributed by atoms with E-state index in [-0.39, 0.29) is 5.82 Å². The zero-order valence-electron chi connectivity index (χ0n) is 18.0. The fourth-order valence-electron chi connectivity index (χ4n) is 4.18. The zero-order chi connectivity index (χ0) is 22.2. The number of nitrogens with zero attached hydrogens (tertiary/aromatic N) is 5. The van der Waals surface area contributed by atoms with E-state index in [0.717, 1.165) is 42.9 Å². The molecule has 0 aliphatic carbocycles. The van der Waals surface area contributed by atoms with E-state index in [1.807, 2.05) is 18.3 Å². The van der Waals surface area contributed by atoms with E-state index in [1.54, 1.807) is 12.3 Å². The second-order valence-electron chi connectivity index (χ2n) is 8.32. The van der Waals surface area contributed by atoms with Crippen LogP contribution in [0.4, 0.5) is 10.1 Å². The molecule has 1 aliphatic rings. The van der Waals surface area contributed by atoms with Crippen molar-refractivity contribution in [3.63, 3.8) is 0 Å². The lowest BCUT2D eigenvalue weighted by atomic mass is 10.0. The van der Waals surface area contributed by atoms with Crippen LogP contribution in [0.3, 0.4) is 0 Å². The van der Waals surface area contributed by atoms with Gasteiger partial charge in [-0.05, 0) is 50.2 Å². The number of anilines is 1. The molecule has 0 radical (unpaired) electrons. The van der Waals surface area contributed by atoms with Gasteiger partial charge in [0.1, 0.15) is 11.5 Å². The van der Waals surface area contributed by atoms with Crippen molar-refractivity contribution in [2.75, 3.05) is 31.1 Å². The molecular formula is C24H24ClFN6. The number of nitrogens with one attached hydrogen (secondary N) is 1. The maximum Gasteiger partial charge on any atom is 0.132 e. The molecule has 6 nitrogen and oxygen atoms in total.